The van der Waals surface area contributed by atoms with Gasteiger partial charge in [-0.3, -0.25) is 0 Å². The molecule has 0 aromatic heterocycles. The summed E-state index contributed by atoms with van der Waals surface area (Å²) in [6.07, 6.45) is 1.97. The van der Waals surface area contributed by atoms with Gasteiger partial charge < -0.3 is 10.1 Å². The van der Waals surface area contributed by atoms with E-state index < -0.39 is 10.0 Å². The summed E-state index contributed by atoms with van der Waals surface area (Å²) < 4.78 is 32.2. The molecule has 1 aromatic carbocycles. The Morgan fingerprint density at radius 2 is 2.05 bits per heavy atom. The first-order valence-corrected chi connectivity index (χ1v) is 8.46. The second kappa shape index (κ2) is 8.10. The van der Waals surface area contributed by atoms with Gasteiger partial charge in [-0.25, -0.2) is 13.1 Å². The minimum atomic E-state index is -3.32. The third-order valence-electron chi connectivity index (χ3n) is 3.58. The number of rotatable bonds is 7. The number of hydrogen-bond acceptors (Lipinski definition) is 4. The van der Waals surface area contributed by atoms with Crippen LogP contribution in [0, 0.1) is 0 Å². The van der Waals surface area contributed by atoms with Gasteiger partial charge in [0.25, 0.3) is 0 Å². The summed E-state index contributed by atoms with van der Waals surface area (Å²) in [5.41, 5.74) is 0.526. The molecule has 2 rings (SSSR count). The van der Waals surface area contributed by atoms with Gasteiger partial charge in [-0.1, -0.05) is 30.3 Å². The number of halogens is 1. The van der Waals surface area contributed by atoms with Crippen molar-refractivity contribution in [2.75, 3.05) is 26.8 Å². The lowest BCUT2D eigenvalue weighted by atomic mass is 9.99. The second-order valence-corrected chi connectivity index (χ2v) is 7.12. The highest BCUT2D eigenvalue weighted by atomic mass is 35.5. The van der Waals surface area contributed by atoms with Gasteiger partial charge in [-0.15, -0.1) is 12.4 Å². The van der Waals surface area contributed by atoms with Crippen molar-refractivity contribution in [3.63, 3.8) is 0 Å². The van der Waals surface area contributed by atoms with Crippen LogP contribution < -0.4 is 10.0 Å². The van der Waals surface area contributed by atoms with E-state index in [2.05, 4.69) is 10.0 Å². The normalized spacial score (nSPS) is 22.0. The van der Waals surface area contributed by atoms with Crippen LogP contribution >= 0.6 is 12.4 Å². The van der Waals surface area contributed by atoms with Crippen LogP contribution in [0.1, 0.15) is 18.4 Å². The van der Waals surface area contributed by atoms with Crippen molar-refractivity contribution < 1.29 is 13.2 Å². The van der Waals surface area contributed by atoms with Crippen LogP contribution in [0.3, 0.4) is 0 Å². The quantitative estimate of drug-likeness (QED) is 0.788. The van der Waals surface area contributed by atoms with Crippen LogP contribution in [-0.2, 0) is 20.5 Å². The SMILES string of the molecule is COCC1(CNS(=O)(=O)Cc2ccccc2)CCCN1.Cl. The average Bonchev–Trinajstić information content (AvgIpc) is 2.87. The number of sulfonamides is 1. The van der Waals surface area contributed by atoms with E-state index in [9.17, 15) is 8.42 Å². The topological polar surface area (TPSA) is 67.4 Å². The molecule has 120 valence electrons. The number of hydrogen-bond donors (Lipinski definition) is 2. The number of methoxy groups -OCH3 is 1. The molecule has 0 spiro atoms. The zero-order valence-electron chi connectivity index (χ0n) is 12.2. The molecule has 1 aromatic rings. The molecule has 0 radical (unpaired) electrons. The zero-order chi connectivity index (χ0) is 14.5. The molecule has 1 unspecified atom stereocenters. The summed E-state index contributed by atoms with van der Waals surface area (Å²) in [6, 6.07) is 9.20. The minimum Gasteiger partial charge on any atom is -0.383 e. The molecular formula is C14H23ClN2O3S. The van der Waals surface area contributed by atoms with E-state index in [1.165, 1.54) is 0 Å². The minimum absolute atomic E-state index is 0. The maximum Gasteiger partial charge on any atom is 0.215 e. The second-order valence-electron chi connectivity index (χ2n) is 5.31. The average molecular weight is 335 g/mol. The first-order valence-electron chi connectivity index (χ1n) is 6.81. The molecule has 1 saturated heterocycles. The van der Waals surface area contributed by atoms with E-state index in [4.69, 9.17) is 4.74 Å². The van der Waals surface area contributed by atoms with E-state index in [1.807, 2.05) is 30.3 Å². The Hall–Kier alpha value is -0.660. The fourth-order valence-electron chi connectivity index (χ4n) is 2.56. The molecule has 0 bridgehead atoms. The predicted molar refractivity (Wildman–Crippen MR) is 86.2 cm³/mol. The van der Waals surface area contributed by atoms with Crippen molar-refractivity contribution in [3.8, 4) is 0 Å². The van der Waals surface area contributed by atoms with Crippen molar-refractivity contribution in [2.45, 2.75) is 24.1 Å². The molecule has 21 heavy (non-hydrogen) atoms. The maximum atomic E-state index is 12.1. The summed E-state index contributed by atoms with van der Waals surface area (Å²) in [5, 5.41) is 3.36. The Labute approximate surface area is 132 Å². The summed E-state index contributed by atoms with van der Waals surface area (Å²) in [5.74, 6) is 0.0108. The molecule has 7 heteroatoms. The van der Waals surface area contributed by atoms with E-state index in [1.54, 1.807) is 7.11 Å². The summed E-state index contributed by atoms with van der Waals surface area (Å²) in [7, 11) is -1.68. The Morgan fingerprint density at radius 1 is 1.33 bits per heavy atom. The molecule has 0 saturated carbocycles. The largest absolute Gasteiger partial charge is 0.383 e. The fourth-order valence-corrected chi connectivity index (χ4v) is 3.79. The number of ether oxygens (including phenoxy) is 1. The van der Waals surface area contributed by atoms with Gasteiger partial charge in [0.1, 0.15) is 0 Å². The summed E-state index contributed by atoms with van der Waals surface area (Å²) in [6.45, 7) is 1.79. The van der Waals surface area contributed by atoms with Crippen LogP contribution in [0.25, 0.3) is 0 Å². The van der Waals surface area contributed by atoms with Gasteiger partial charge in [0.05, 0.1) is 17.9 Å². The van der Waals surface area contributed by atoms with Crippen molar-refractivity contribution >= 4 is 22.4 Å². The highest BCUT2D eigenvalue weighted by molar-refractivity contribution is 7.88. The molecule has 1 aliphatic heterocycles. The lowest BCUT2D eigenvalue weighted by Gasteiger charge is -2.28. The third kappa shape index (κ3) is 5.56. The summed E-state index contributed by atoms with van der Waals surface area (Å²) >= 11 is 0. The Bertz CT molecular complexity index is 516. The fraction of sp³-hybridized carbons (Fsp3) is 0.571. The summed E-state index contributed by atoms with van der Waals surface area (Å²) in [4.78, 5) is 0. The Kier molecular flexibility index (Phi) is 7.09. The Balaban J connectivity index is 0.00000220. The molecule has 5 nitrogen and oxygen atoms in total. The highest BCUT2D eigenvalue weighted by Crippen LogP contribution is 2.19. The number of nitrogens with one attached hydrogen (secondary N) is 2. The van der Waals surface area contributed by atoms with Gasteiger partial charge >= 0.3 is 0 Å². The lowest BCUT2D eigenvalue weighted by Crippen LogP contribution is -2.53. The smallest absolute Gasteiger partial charge is 0.215 e. The first-order chi connectivity index (χ1) is 9.55. The van der Waals surface area contributed by atoms with Crippen LogP contribution in [-0.4, -0.2) is 40.8 Å². The van der Waals surface area contributed by atoms with E-state index in [0.29, 0.717) is 13.2 Å². The molecular weight excluding hydrogens is 312 g/mol. The molecule has 1 heterocycles. The van der Waals surface area contributed by atoms with E-state index >= 15 is 0 Å². The molecule has 0 aliphatic carbocycles. The van der Waals surface area contributed by atoms with Crippen molar-refractivity contribution in [1.29, 1.82) is 0 Å². The first kappa shape index (κ1) is 18.4. The predicted octanol–water partition coefficient (Wildman–Crippen LogP) is 1.30. The highest BCUT2D eigenvalue weighted by Gasteiger charge is 2.34. The molecule has 2 N–H and O–H groups in total. The van der Waals surface area contributed by atoms with E-state index in [-0.39, 0.29) is 23.7 Å². The lowest BCUT2D eigenvalue weighted by molar-refractivity contribution is 0.122. The molecule has 1 fully saturated rings. The van der Waals surface area contributed by atoms with Crippen molar-refractivity contribution in [2.24, 2.45) is 0 Å². The van der Waals surface area contributed by atoms with Gasteiger partial charge in [-0.2, -0.15) is 0 Å². The van der Waals surface area contributed by atoms with Gasteiger partial charge in [-0.05, 0) is 24.9 Å². The van der Waals surface area contributed by atoms with Crippen molar-refractivity contribution in [1.82, 2.24) is 10.0 Å². The molecule has 1 atom stereocenters. The third-order valence-corrected chi connectivity index (χ3v) is 4.88. The zero-order valence-corrected chi connectivity index (χ0v) is 13.8. The molecule has 0 amide bonds. The number of benzene rings is 1. The van der Waals surface area contributed by atoms with Crippen LogP contribution in [0.15, 0.2) is 30.3 Å². The van der Waals surface area contributed by atoms with Gasteiger partial charge in [0, 0.05) is 13.7 Å². The van der Waals surface area contributed by atoms with Crippen LogP contribution in [0.4, 0.5) is 0 Å². The van der Waals surface area contributed by atoms with Gasteiger partial charge in [0.2, 0.25) is 10.0 Å². The van der Waals surface area contributed by atoms with Gasteiger partial charge in [0.15, 0.2) is 0 Å². The monoisotopic (exact) mass is 334 g/mol. The Morgan fingerprint density at radius 3 is 2.62 bits per heavy atom. The van der Waals surface area contributed by atoms with E-state index in [0.717, 1.165) is 24.9 Å². The van der Waals surface area contributed by atoms with Crippen LogP contribution in [0.5, 0.6) is 0 Å². The van der Waals surface area contributed by atoms with Crippen molar-refractivity contribution in [3.05, 3.63) is 35.9 Å². The standard InChI is InChI=1S/C14H22N2O3S.ClH/c1-19-12-14(8-5-9-15-14)11-16-20(17,18)10-13-6-3-2-4-7-13;/h2-4,6-7,15-16H,5,8-12H2,1H3;1H. The van der Waals surface area contributed by atoms with Crippen LogP contribution in [0.2, 0.25) is 0 Å². The molecule has 1 aliphatic rings. The maximum absolute atomic E-state index is 12.1.